The van der Waals surface area contributed by atoms with E-state index in [0.29, 0.717) is 5.69 Å². The number of hydrogen-bond donors (Lipinski definition) is 0. The van der Waals surface area contributed by atoms with Crippen molar-refractivity contribution in [1.82, 2.24) is 4.98 Å². The monoisotopic (exact) mass is 304 g/mol. The van der Waals surface area contributed by atoms with E-state index in [0.717, 1.165) is 15.8 Å². The van der Waals surface area contributed by atoms with Crippen LogP contribution in [0.15, 0.2) is 52.0 Å². The highest BCUT2D eigenvalue weighted by Crippen LogP contribution is 2.29. The summed E-state index contributed by atoms with van der Waals surface area (Å²) in [4.78, 5) is 5.15. The molecule has 2 aromatic rings. The molecule has 0 atom stereocenters. The summed E-state index contributed by atoms with van der Waals surface area (Å²) >= 11 is 5.25. The molecular formula is C13H9BrN2S. The van der Waals surface area contributed by atoms with Gasteiger partial charge in [0.25, 0.3) is 0 Å². The lowest BCUT2D eigenvalue weighted by atomic mass is 10.2. The second kappa shape index (κ2) is 5.85. The third-order valence-electron chi connectivity index (χ3n) is 2.17. The standard InChI is InChI=1S/C13H9BrN2S/c14-12-3-1-2-4-13(12)17-9-10-5-6-16-11(7-10)8-15/h1-7H,9H2. The highest BCUT2D eigenvalue weighted by molar-refractivity contribution is 9.10. The Labute approximate surface area is 113 Å². The van der Waals surface area contributed by atoms with Crippen LogP contribution in [0, 0.1) is 11.3 Å². The molecule has 1 aromatic heterocycles. The number of aromatic nitrogens is 1. The van der Waals surface area contributed by atoms with Crippen molar-refractivity contribution in [2.45, 2.75) is 10.6 Å². The van der Waals surface area contributed by atoms with E-state index in [1.54, 1.807) is 18.0 Å². The minimum absolute atomic E-state index is 0.468. The Balaban J connectivity index is 2.08. The molecule has 0 aliphatic carbocycles. The molecule has 0 amide bonds. The molecule has 2 rings (SSSR count). The van der Waals surface area contributed by atoms with E-state index in [4.69, 9.17) is 5.26 Å². The number of nitrogens with zero attached hydrogens (tertiary/aromatic N) is 2. The van der Waals surface area contributed by atoms with E-state index >= 15 is 0 Å². The first-order chi connectivity index (χ1) is 8.29. The van der Waals surface area contributed by atoms with Crippen molar-refractivity contribution in [3.63, 3.8) is 0 Å². The molecule has 0 bridgehead atoms. The van der Waals surface area contributed by atoms with E-state index < -0.39 is 0 Å². The third kappa shape index (κ3) is 3.32. The van der Waals surface area contributed by atoms with Crippen LogP contribution in [0.1, 0.15) is 11.3 Å². The Morgan fingerprint density at radius 3 is 2.88 bits per heavy atom. The highest BCUT2D eigenvalue weighted by Gasteiger charge is 2.01. The number of nitriles is 1. The summed E-state index contributed by atoms with van der Waals surface area (Å²) in [5.41, 5.74) is 1.58. The van der Waals surface area contributed by atoms with Gasteiger partial charge in [0.2, 0.25) is 0 Å². The maximum absolute atomic E-state index is 8.76. The lowest BCUT2D eigenvalue weighted by molar-refractivity contribution is 1.22. The SMILES string of the molecule is N#Cc1cc(CSc2ccccc2Br)ccn1. The average Bonchev–Trinajstić information content (AvgIpc) is 2.38. The molecule has 1 heterocycles. The van der Waals surface area contributed by atoms with Crippen LogP contribution in [0.25, 0.3) is 0 Å². The molecule has 0 saturated heterocycles. The predicted molar refractivity (Wildman–Crippen MR) is 72.7 cm³/mol. The van der Waals surface area contributed by atoms with E-state index in [1.807, 2.05) is 36.4 Å². The second-order valence-electron chi connectivity index (χ2n) is 3.38. The van der Waals surface area contributed by atoms with Crippen molar-refractivity contribution < 1.29 is 0 Å². The minimum Gasteiger partial charge on any atom is -0.246 e. The number of thioether (sulfide) groups is 1. The lowest BCUT2D eigenvalue weighted by Gasteiger charge is -2.04. The van der Waals surface area contributed by atoms with Crippen LogP contribution in [-0.2, 0) is 5.75 Å². The maximum Gasteiger partial charge on any atom is 0.140 e. The zero-order valence-corrected chi connectivity index (χ0v) is 11.3. The predicted octanol–water partition coefficient (Wildman–Crippen LogP) is 4.01. The van der Waals surface area contributed by atoms with Gasteiger partial charge in [0.15, 0.2) is 0 Å². The molecule has 0 N–H and O–H groups in total. The highest BCUT2D eigenvalue weighted by atomic mass is 79.9. The molecule has 4 heteroatoms. The van der Waals surface area contributed by atoms with E-state index in [2.05, 4.69) is 27.0 Å². The summed E-state index contributed by atoms with van der Waals surface area (Å²) < 4.78 is 1.10. The van der Waals surface area contributed by atoms with Crippen molar-refractivity contribution in [1.29, 1.82) is 5.26 Å². The molecule has 0 unspecified atom stereocenters. The number of pyridine rings is 1. The molecule has 0 radical (unpaired) electrons. The summed E-state index contributed by atoms with van der Waals surface area (Å²) in [6.07, 6.45) is 1.68. The zero-order valence-electron chi connectivity index (χ0n) is 8.93. The molecule has 0 fully saturated rings. The molecule has 84 valence electrons. The van der Waals surface area contributed by atoms with Crippen LogP contribution in [0.5, 0.6) is 0 Å². The molecule has 0 spiro atoms. The van der Waals surface area contributed by atoms with Crippen LogP contribution < -0.4 is 0 Å². The molecular weight excluding hydrogens is 296 g/mol. The van der Waals surface area contributed by atoms with Gasteiger partial charge in [-0.05, 0) is 45.8 Å². The van der Waals surface area contributed by atoms with Crippen molar-refractivity contribution in [3.8, 4) is 6.07 Å². The van der Waals surface area contributed by atoms with Crippen molar-refractivity contribution >= 4 is 27.7 Å². The Hall–Kier alpha value is -1.31. The first-order valence-electron chi connectivity index (χ1n) is 5.02. The van der Waals surface area contributed by atoms with Crippen LogP contribution in [0.2, 0.25) is 0 Å². The summed E-state index contributed by atoms with van der Waals surface area (Å²) in [6, 6.07) is 13.9. The molecule has 1 aromatic carbocycles. The largest absolute Gasteiger partial charge is 0.246 e. The van der Waals surface area contributed by atoms with Gasteiger partial charge in [-0.2, -0.15) is 5.26 Å². The molecule has 17 heavy (non-hydrogen) atoms. The Morgan fingerprint density at radius 1 is 1.29 bits per heavy atom. The fourth-order valence-electron chi connectivity index (χ4n) is 1.35. The average molecular weight is 305 g/mol. The van der Waals surface area contributed by atoms with Crippen LogP contribution >= 0.6 is 27.7 Å². The van der Waals surface area contributed by atoms with Crippen LogP contribution in [0.4, 0.5) is 0 Å². The molecule has 0 aliphatic heterocycles. The lowest BCUT2D eigenvalue weighted by Crippen LogP contribution is -1.86. The van der Waals surface area contributed by atoms with E-state index in [9.17, 15) is 0 Å². The zero-order chi connectivity index (χ0) is 12.1. The maximum atomic E-state index is 8.76. The van der Waals surface area contributed by atoms with Gasteiger partial charge in [0, 0.05) is 21.3 Å². The van der Waals surface area contributed by atoms with Crippen molar-refractivity contribution in [3.05, 3.63) is 58.3 Å². The molecule has 2 nitrogen and oxygen atoms in total. The summed E-state index contributed by atoms with van der Waals surface area (Å²) in [5.74, 6) is 0.833. The van der Waals surface area contributed by atoms with Gasteiger partial charge in [0.1, 0.15) is 11.8 Å². The Bertz CT molecular complexity index is 563. The summed E-state index contributed by atoms with van der Waals surface area (Å²) in [6.45, 7) is 0. The Kier molecular flexibility index (Phi) is 4.18. The van der Waals surface area contributed by atoms with E-state index in [1.165, 1.54) is 4.90 Å². The number of hydrogen-bond acceptors (Lipinski definition) is 3. The fourth-order valence-corrected chi connectivity index (χ4v) is 2.86. The number of benzene rings is 1. The van der Waals surface area contributed by atoms with Crippen molar-refractivity contribution in [2.24, 2.45) is 0 Å². The smallest absolute Gasteiger partial charge is 0.140 e. The number of rotatable bonds is 3. The van der Waals surface area contributed by atoms with Gasteiger partial charge >= 0.3 is 0 Å². The molecule has 0 saturated carbocycles. The first-order valence-corrected chi connectivity index (χ1v) is 6.80. The van der Waals surface area contributed by atoms with Gasteiger partial charge in [-0.15, -0.1) is 11.8 Å². The molecule has 0 aliphatic rings. The Morgan fingerprint density at radius 2 is 2.12 bits per heavy atom. The van der Waals surface area contributed by atoms with Crippen LogP contribution in [0.3, 0.4) is 0 Å². The first kappa shape index (κ1) is 12.2. The van der Waals surface area contributed by atoms with Crippen LogP contribution in [-0.4, -0.2) is 4.98 Å². The third-order valence-corrected chi connectivity index (χ3v) is 4.27. The summed E-state index contributed by atoms with van der Waals surface area (Å²) in [5, 5.41) is 8.76. The van der Waals surface area contributed by atoms with Gasteiger partial charge in [0.05, 0.1) is 0 Å². The van der Waals surface area contributed by atoms with Crippen molar-refractivity contribution in [2.75, 3.05) is 0 Å². The normalized spacial score (nSPS) is 9.88. The quantitative estimate of drug-likeness (QED) is 0.804. The van der Waals surface area contributed by atoms with Gasteiger partial charge < -0.3 is 0 Å². The topological polar surface area (TPSA) is 36.7 Å². The summed E-state index contributed by atoms with van der Waals surface area (Å²) in [7, 11) is 0. The minimum atomic E-state index is 0.468. The second-order valence-corrected chi connectivity index (χ2v) is 5.25. The van der Waals surface area contributed by atoms with E-state index in [-0.39, 0.29) is 0 Å². The van der Waals surface area contributed by atoms with Gasteiger partial charge in [-0.1, -0.05) is 12.1 Å². The van der Waals surface area contributed by atoms with Gasteiger partial charge in [-0.3, -0.25) is 0 Å². The number of halogens is 1. The fraction of sp³-hybridized carbons (Fsp3) is 0.0769. The van der Waals surface area contributed by atoms with Gasteiger partial charge in [-0.25, -0.2) is 4.98 Å².